The van der Waals surface area contributed by atoms with Crippen LogP contribution in [0.2, 0.25) is 0 Å². The molecule has 1 atom stereocenters. The van der Waals surface area contributed by atoms with Crippen LogP contribution < -0.4 is 10.5 Å². The first-order chi connectivity index (χ1) is 6.09. The van der Waals surface area contributed by atoms with Gasteiger partial charge in [0.2, 0.25) is 0 Å². The molecule has 2 N–H and O–H groups in total. The Labute approximate surface area is 75.3 Å². The van der Waals surface area contributed by atoms with E-state index in [1.54, 1.807) is 0 Å². The maximum absolute atomic E-state index is 12.4. The average molecular weight is 183 g/mol. The summed E-state index contributed by atoms with van der Waals surface area (Å²) in [5, 5.41) is 0. The van der Waals surface area contributed by atoms with Gasteiger partial charge in [0, 0.05) is 0 Å². The predicted octanol–water partition coefficient (Wildman–Crippen LogP) is 1.08. The molecule has 4 heteroatoms. The van der Waals surface area contributed by atoms with Crippen molar-refractivity contribution in [3.8, 4) is 5.75 Å². The monoisotopic (exact) mass is 183 g/mol. The molecule has 1 aromatic carbocycles. The molecule has 3 nitrogen and oxygen atoms in total. The number of hydrogen-bond donors (Lipinski definition) is 1. The Morgan fingerprint density at radius 2 is 2.00 bits per heavy atom. The Morgan fingerprint density at radius 1 is 1.46 bits per heavy atom. The quantitative estimate of drug-likeness (QED) is 0.551. The van der Waals surface area contributed by atoms with Gasteiger partial charge in [-0.25, -0.2) is 9.18 Å². The van der Waals surface area contributed by atoms with Crippen molar-refractivity contribution in [2.75, 3.05) is 0 Å². The highest BCUT2D eigenvalue weighted by atomic mass is 19.1. The summed E-state index contributed by atoms with van der Waals surface area (Å²) in [6.07, 6.45) is 0. The van der Waals surface area contributed by atoms with E-state index in [0.717, 1.165) is 0 Å². The third-order valence-corrected chi connectivity index (χ3v) is 1.40. The molecule has 0 radical (unpaired) electrons. The number of nitrogens with two attached hydrogens (primary N) is 1. The summed E-state index contributed by atoms with van der Waals surface area (Å²) < 4.78 is 17.2. The number of carbonyl (C=O) groups excluding carboxylic acids is 1. The molecular formula is C9H10FNO2. The smallest absolute Gasteiger partial charge is 0.328 e. The summed E-state index contributed by atoms with van der Waals surface area (Å²) in [7, 11) is 0. The van der Waals surface area contributed by atoms with Crippen molar-refractivity contribution in [3.05, 3.63) is 30.1 Å². The Balaban J connectivity index is 2.65. The normalized spacial score (nSPS) is 12.2. The molecule has 0 saturated heterocycles. The summed E-state index contributed by atoms with van der Waals surface area (Å²) in [6.45, 7) is 1.52. The number of halogens is 1. The summed E-state index contributed by atoms with van der Waals surface area (Å²) in [5.41, 5.74) is 5.27. The lowest BCUT2D eigenvalue weighted by atomic mass is 10.3. The van der Waals surface area contributed by atoms with Crippen LogP contribution in [-0.4, -0.2) is 12.0 Å². The van der Waals surface area contributed by atoms with Gasteiger partial charge in [-0.3, -0.25) is 0 Å². The zero-order valence-corrected chi connectivity index (χ0v) is 7.16. The lowest BCUT2D eigenvalue weighted by Gasteiger charge is -2.05. The topological polar surface area (TPSA) is 52.3 Å². The molecule has 0 fully saturated rings. The van der Waals surface area contributed by atoms with Gasteiger partial charge in [-0.1, -0.05) is 0 Å². The molecule has 0 aromatic heterocycles. The molecule has 1 aromatic rings. The fourth-order valence-electron chi connectivity index (χ4n) is 0.712. The zero-order valence-electron chi connectivity index (χ0n) is 7.16. The standard InChI is InChI=1S/C9H10FNO2/c1-6(11)9(12)13-8-4-2-7(10)3-5-8/h2-6H,11H2,1H3. The van der Waals surface area contributed by atoms with E-state index in [0.29, 0.717) is 5.75 Å². The number of esters is 1. The second-order valence-corrected chi connectivity index (χ2v) is 2.66. The molecular weight excluding hydrogens is 173 g/mol. The second-order valence-electron chi connectivity index (χ2n) is 2.66. The lowest BCUT2D eigenvalue weighted by Crippen LogP contribution is -2.30. The van der Waals surface area contributed by atoms with Crippen molar-refractivity contribution in [2.45, 2.75) is 13.0 Å². The van der Waals surface area contributed by atoms with Crippen molar-refractivity contribution in [3.63, 3.8) is 0 Å². The van der Waals surface area contributed by atoms with E-state index in [-0.39, 0.29) is 5.82 Å². The molecule has 1 unspecified atom stereocenters. The second kappa shape index (κ2) is 4.00. The number of hydrogen-bond acceptors (Lipinski definition) is 3. The fraction of sp³-hybridized carbons (Fsp3) is 0.222. The zero-order chi connectivity index (χ0) is 9.84. The molecule has 0 bridgehead atoms. The molecule has 0 amide bonds. The minimum absolute atomic E-state index is 0.295. The van der Waals surface area contributed by atoms with Gasteiger partial charge in [0.25, 0.3) is 0 Å². The Hall–Kier alpha value is -1.42. The SMILES string of the molecule is CC(N)C(=O)Oc1ccc(F)cc1. The minimum Gasteiger partial charge on any atom is -0.425 e. The first-order valence-corrected chi connectivity index (χ1v) is 3.82. The van der Waals surface area contributed by atoms with Crippen molar-refractivity contribution in [1.82, 2.24) is 0 Å². The molecule has 0 spiro atoms. The third-order valence-electron chi connectivity index (χ3n) is 1.40. The van der Waals surface area contributed by atoms with Gasteiger partial charge in [0.15, 0.2) is 0 Å². The van der Waals surface area contributed by atoms with Crippen LogP contribution in [0.1, 0.15) is 6.92 Å². The molecule has 70 valence electrons. The maximum Gasteiger partial charge on any atom is 0.328 e. The Kier molecular flexibility index (Phi) is 2.97. The van der Waals surface area contributed by atoms with Crippen LogP contribution in [0.5, 0.6) is 5.75 Å². The molecule has 0 aliphatic rings. The molecule has 1 rings (SSSR count). The van der Waals surface area contributed by atoms with E-state index in [1.807, 2.05) is 0 Å². The van der Waals surface area contributed by atoms with Crippen molar-refractivity contribution >= 4 is 5.97 Å². The number of rotatable bonds is 2. The van der Waals surface area contributed by atoms with E-state index in [4.69, 9.17) is 10.5 Å². The van der Waals surface area contributed by atoms with Crippen LogP contribution >= 0.6 is 0 Å². The predicted molar refractivity (Wildman–Crippen MR) is 45.7 cm³/mol. The van der Waals surface area contributed by atoms with Gasteiger partial charge >= 0.3 is 5.97 Å². The molecule has 13 heavy (non-hydrogen) atoms. The van der Waals surface area contributed by atoms with Crippen molar-refractivity contribution in [2.24, 2.45) is 5.73 Å². The van der Waals surface area contributed by atoms with Gasteiger partial charge in [0.05, 0.1) is 0 Å². The summed E-state index contributed by atoms with van der Waals surface area (Å²) in [6, 6.07) is 4.49. The minimum atomic E-state index is -0.676. The molecule has 0 heterocycles. The van der Waals surface area contributed by atoms with E-state index < -0.39 is 12.0 Å². The molecule has 0 saturated carbocycles. The van der Waals surface area contributed by atoms with Crippen LogP contribution in [-0.2, 0) is 4.79 Å². The van der Waals surface area contributed by atoms with Crippen LogP contribution in [0.25, 0.3) is 0 Å². The van der Waals surface area contributed by atoms with Crippen LogP contribution in [0, 0.1) is 5.82 Å². The molecule has 0 aliphatic carbocycles. The van der Waals surface area contributed by atoms with Crippen LogP contribution in [0.4, 0.5) is 4.39 Å². The largest absolute Gasteiger partial charge is 0.425 e. The van der Waals surface area contributed by atoms with Gasteiger partial charge < -0.3 is 10.5 Å². The maximum atomic E-state index is 12.4. The highest BCUT2D eigenvalue weighted by molar-refractivity contribution is 5.77. The average Bonchev–Trinajstić information content (AvgIpc) is 2.08. The lowest BCUT2D eigenvalue weighted by molar-refractivity contribution is -0.135. The van der Waals surface area contributed by atoms with Gasteiger partial charge in [-0.15, -0.1) is 0 Å². The van der Waals surface area contributed by atoms with E-state index in [9.17, 15) is 9.18 Å². The third kappa shape index (κ3) is 2.83. The van der Waals surface area contributed by atoms with Crippen molar-refractivity contribution < 1.29 is 13.9 Å². The number of ether oxygens (including phenoxy) is 1. The highest BCUT2D eigenvalue weighted by Gasteiger charge is 2.09. The summed E-state index contributed by atoms with van der Waals surface area (Å²) in [5.74, 6) is -0.615. The number of benzene rings is 1. The first kappa shape index (κ1) is 9.67. The summed E-state index contributed by atoms with van der Waals surface area (Å²) in [4.78, 5) is 11.0. The van der Waals surface area contributed by atoms with Crippen molar-refractivity contribution in [1.29, 1.82) is 0 Å². The van der Waals surface area contributed by atoms with E-state index in [2.05, 4.69) is 0 Å². The van der Waals surface area contributed by atoms with E-state index in [1.165, 1.54) is 31.2 Å². The highest BCUT2D eigenvalue weighted by Crippen LogP contribution is 2.11. The van der Waals surface area contributed by atoms with Crippen LogP contribution in [0.3, 0.4) is 0 Å². The molecule has 0 aliphatic heterocycles. The van der Waals surface area contributed by atoms with Gasteiger partial charge in [0.1, 0.15) is 17.6 Å². The Morgan fingerprint density at radius 3 is 2.46 bits per heavy atom. The first-order valence-electron chi connectivity index (χ1n) is 3.82. The number of carbonyl (C=O) groups is 1. The Bertz CT molecular complexity index is 295. The summed E-state index contributed by atoms with van der Waals surface area (Å²) >= 11 is 0. The van der Waals surface area contributed by atoms with Crippen LogP contribution in [0.15, 0.2) is 24.3 Å². The van der Waals surface area contributed by atoms with Gasteiger partial charge in [-0.2, -0.15) is 0 Å². The van der Waals surface area contributed by atoms with Gasteiger partial charge in [-0.05, 0) is 31.2 Å². The van der Waals surface area contributed by atoms with E-state index >= 15 is 0 Å². The fourth-order valence-corrected chi connectivity index (χ4v) is 0.712.